The van der Waals surface area contributed by atoms with Crippen molar-refractivity contribution in [3.8, 4) is 0 Å². The number of rotatable bonds is 2. The van der Waals surface area contributed by atoms with Crippen LogP contribution in [-0.2, 0) is 0 Å². The first kappa shape index (κ1) is 10.6. The van der Waals surface area contributed by atoms with Crippen molar-refractivity contribution in [1.29, 1.82) is 0 Å². The van der Waals surface area contributed by atoms with Crippen LogP contribution in [0.3, 0.4) is 0 Å². The third-order valence-electron chi connectivity index (χ3n) is 3.44. The normalized spacial score (nSPS) is 30.8. The highest BCUT2D eigenvalue weighted by molar-refractivity contribution is 7.99. The molecule has 0 bridgehead atoms. The minimum absolute atomic E-state index is 0.414. The molecule has 0 amide bonds. The van der Waals surface area contributed by atoms with E-state index >= 15 is 0 Å². The lowest BCUT2D eigenvalue weighted by atomic mass is 10.1. The number of aromatic amines is 1. The molecule has 0 aromatic carbocycles. The van der Waals surface area contributed by atoms with Crippen LogP contribution in [0.1, 0.15) is 49.3 Å². The van der Waals surface area contributed by atoms with E-state index in [9.17, 15) is 0 Å². The van der Waals surface area contributed by atoms with Gasteiger partial charge in [-0.25, -0.2) is 4.98 Å². The molecule has 88 valence electrons. The Morgan fingerprint density at radius 2 is 2.25 bits per heavy atom. The van der Waals surface area contributed by atoms with Crippen molar-refractivity contribution in [1.82, 2.24) is 20.5 Å². The number of nitrogens with one attached hydrogen (secondary N) is 2. The van der Waals surface area contributed by atoms with Gasteiger partial charge >= 0.3 is 0 Å². The fourth-order valence-corrected chi connectivity index (χ4v) is 3.63. The molecule has 5 heteroatoms. The van der Waals surface area contributed by atoms with E-state index in [-0.39, 0.29) is 0 Å². The standard InChI is InChI=1S/C11H18N4S/c1-4-9(12-5-1)11-13-10(14-15-11)8-3-2-6-16-7-8/h8-9,12H,1-7H2,(H,13,14,15). The molecule has 1 aromatic rings. The van der Waals surface area contributed by atoms with Crippen LogP contribution in [-0.4, -0.2) is 33.2 Å². The maximum absolute atomic E-state index is 4.67. The summed E-state index contributed by atoms with van der Waals surface area (Å²) < 4.78 is 0. The smallest absolute Gasteiger partial charge is 0.154 e. The number of nitrogens with zero attached hydrogens (tertiary/aromatic N) is 2. The van der Waals surface area contributed by atoms with Gasteiger partial charge in [0.15, 0.2) is 5.82 Å². The minimum atomic E-state index is 0.414. The molecule has 0 spiro atoms. The summed E-state index contributed by atoms with van der Waals surface area (Å²) in [5.74, 6) is 5.15. The van der Waals surface area contributed by atoms with Gasteiger partial charge in [-0.3, -0.25) is 5.10 Å². The van der Waals surface area contributed by atoms with Crippen LogP contribution in [0.15, 0.2) is 0 Å². The van der Waals surface area contributed by atoms with Crippen LogP contribution in [0, 0.1) is 0 Å². The zero-order valence-electron chi connectivity index (χ0n) is 9.41. The highest BCUT2D eigenvalue weighted by atomic mass is 32.2. The number of hydrogen-bond donors (Lipinski definition) is 2. The van der Waals surface area contributed by atoms with E-state index < -0.39 is 0 Å². The second kappa shape index (κ2) is 4.75. The Kier molecular flexibility index (Phi) is 3.15. The Balaban J connectivity index is 1.71. The van der Waals surface area contributed by atoms with Gasteiger partial charge in [0, 0.05) is 11.7 Å². The van der Waals surface area contributed by atoms with Gasteiger partial charge in [0.25, 0.3) is 0 Å². The number of hydrogen-bond acceptors (Lipinski definition) is 4. The Morgan fingerprint density at radius 1 is 1.25 bits per heavy atom. The van der Waals surface area contributed by atoms with E-state index in [0.717, 1.165) is 18.2 Å². The summed E-state index contributed by atoms with van der Waals surface area (Å²) in [4.78, 5) is 4.67. The molecule has 0 aliphatic carbocycles. The van der Waals surface area contributed by atoms with Crippen molar-refractivity contribution < 1.29 is 0 Å². The highest BCUT2D eigenvalue weighted by Crippen LogP contribution is 2.30. The molecule has 16 heavy (non-hydrogen) atoms. The average molecular weight is 238 g/mol. The van der Waals surface area contributed by atoms with Crippen LogP contribution in [0.4, 0.5) is 0 Å². The molecular formula is C11H18N4S. The third kappa shape index (κ3) is 2.11. The predicted octanol–water partition coefficient (Wildman–Crippen LogP) is 1.84. The molecule has 2 fully saturated rings. The van der Waals surface area contributed by atoms with Gasteiger partial charge < -0.3 is 5.32 Å². The van der Waals surface area contributed by atoms with Gasteiger partial charge in [-0.15, -0.1) is 0 Å². The summed E-state index contributed by atoms with van der Waals surface area (Å²) in [6.07, 6.45) is 5.00. The fraction of sp³-hybridized carbons (Fsp3) is 0.818. The maximum atomic E-state index is 4.67. The lowest BCUT2D eigenvalue weighted by Crippen LogP contribution is -2.14. The quantitative estimate of drug-likeness (QED) is 0.825. The van der Waals surface area contributed by atoms with Crippen molar-refractivity contribution >= 4 is 11.8 Å². The SMILES string of the molecule is C1CSCC(c2n[nH]c(C3CCCN3)n2)C1. The van der Waals surface area contributed by atoms with Crippen LogP contribution in [0.5, 0.6) is 0 Å². The predicted molar refractivity (Wildman–Crippen MR) is 65.7 cm³/mol. The van der Waals surface area contributed by atoms with E-state index in [4.69, 9.17) is 0 Å². The molecule has 0 radical (unpaired) electrons. The topological polar surface area (TPSA) is 53.6 Å². The Bertz CT molecular complexity index is 340. The van der Waals surface area contributed by atoms with Crippen molar-refractivity contribution in [2.75, 3.05) is 18.1 Å². The minimum Gasteiger partial charge on any atom is -0.307 e. The third-order valence-corrected chi connectivity index (χ3v) is 4.65. The summed E-state index contributed by atoms with van der Waals surface area (Å²) in [6.45, 7) is 1.11. The second-order valence-electron chi connectivity index (χ2n) is 4.64. The Labute approximate surface area is 100.0 Å². The molecule has 2 unspecified atom stereocenters. The van der Waals surface area contributed by atoms with Crippen molar-refractivity contribution in [2.45, 2.75) is 37.6 Å². The first-order valence-corrected chi connectivity index (χ1v) is 7.32. The molecule has 3 heterocycles. The molecule has 2 atom stereocenters. The Hall–Kier alpha value is -0.550. The Morgan fingerprint density at radius 3 is 3.00 bits per heavy atom. The molecule has 2 saturated heterocycles. The van der Waals surface area contributed by atoms with Crippen LogP contribution in [0.25, 0.3) is 0 Å². The van der Waals surface area contributed by atoms with Gasteiger partial charge in [0.05, 0.1) is 6.04 Å². The molecule has 1 aromatic heterocycles. The lowest BCUT2D eigenvalue weighted by molar-refractivity contribution is 0.602. The molecular weight excluding hydrogens is 220 g/mol. The summed E-state index contributed by atoms with van der Waals surface area (Å²) in [6, 6.07) is 0.414. The average Bonchev–Trinajstić information content (AvgIpc) is 3.01. The summed E-state index contributed by atoms with van der Waals surface area (Å²) >= 11 is 2.03. The summed E-state index contributed by atoms with van der Waals surface area (Å²) in [5.41, 5.74) is 0. The largest absolute Gasteiger partial charge is 0.307 e. The van der Waals surface area contributed by atoms with E-state index in [0.29, 0.717) is 12.0 Å². The maximum Gasteiger partial charge on any atom is 0.154 e. The molecule has 0 saturated carbocycles. The van der Waals surface area contributed by atoms with E-state index in [2.05, 4.69) is 20.5 Å². The van der Waals surface area contributed by atoms with Gasteiger partial charge in [-0.2, -0.15) is 16.9 Å². The zero-order valence-corrected chi connectivity index (χ0v) is 10.2. The van der Waals surface area contributed by atoms with Crippen molar-refractivity contribution in [3.05, 3.63) is 11.6 Å². The number of H-pyrrole nitrogens is 1. The van der Waals surface area contributed by atoms with Crippen LogP contribution >= 0.6 is 11.8 Å². The van der Waals surface area contributed by atoms with Gasteiger partial charge in [-0.1, -0.05) is 0 Å². The van der Waals surface area contributed by atoms with E-state index in [1.165, 1.54) is 37.2 Å². The first-order valence-electron chi connectivity index (χ1n) is 6.17. The van der Waals surface area contributed by atoms with Crippen molar-refractivity contribution in [2.24, 2.45) is 0 Å². The zero-order chi connectivity index (χ0) is 10.8. The van der Waals surface area contributed by atoms with Gasteiger partial charge in [0.2, 0.25) is 0 Å². The first-order chi connectivity index (χ1) is 7.93. The summed E-state index contributed by atoms with van der Waals surface area (Å²) in [5, 5.41) is 11.0. The van der Waals surface area contributed by atoms with Crippen molar-refractivity contribution in [3.63, 3.8) is 0 Å². The lowest BCUT2D eigenvalue weighted by Gasteiger charge is -2.17. The van der Waals surface area contributed by atoms with Gasteiger partial charge in [-0.05, 0) is 38.0 Å². The highest BCUT2D eigenvalue weighted by Gasteiger charge is 2.24. The number of aromatic nitrogens is 3. The van der Waals surface area contributed by atoms with Crippen LogP contribution < -0.4 is 5.32 Å². The fourth-order valence-electron chi connectivity index (χ4n) is 2.49. The molecule has 2 aliphatic rings. The molecule has 2 aliphatic heterocycles. The van der Waals surface area contributed by atoms with Crippen LogP contribution in [0.2, 0.25) is 0 Å². The number of thioether (sulfide) groups is 1. The van der Waals surface area contributed by atoms with Gasteiger partial charge in [0.1, 0.15) is 5.82 Å². The molecule has 4 nitrogen and oxygen atoms in total. The van der Waals surface area contributed by atoms with E-state index in [1.54, 1.807) is 0 Å². The van der Waals surface area contributed by atoms with E-state index in [1.807, 2.05) is 11.8 Å². The monoisotopic (exact) mass is 238 g/mol. The second-order valence-corrected chi connectivity index (χ2v) is 5.79. The summed E-state index contributed by atoms with van der Waals surface area (Å²) in [7, 11) is 0. The molecule has 3 rings (SSSR count). The molecule has 2 N–H and O–H groups in total.